The molecule has 0 amide bonds. The molecule has 0 aliphatic carbocycles. The molecular formula is C12H25N3O2S. The van der Waals surface area contributed by atoms with Crippen LogP contribution < -0.4 is 10.6 Å². The number of rotatable bonds is 8. The van der Waals surface area contributed by atoms with Crippen molar-refractivity contribution in [3.63, 3.8) is 0 Å². The van der Waals surface area contributed by atoms with Crippen LogP contribution in [0.4, 0.5) is 0 Å². The van der Waals surface area contributed by atoms with Crippen molar-refractivity contribution in [3.8, 4) is 0 Å². The Hall–Kier alpha value is -0.880. The summed E-state index contributed by atoms with van der Waals surface area (Å²) in [6.45, 7) is 1.56. The molecule has 1 atom stereocenters. The second-order valence-electron chi connectivity index (χ2n) is 4.48. The number of hydrogen-bond donors (Lipinski definition) is 2. The Morgan fingerprint density at radius 1 is 1.39 bits per heavy atom. The van der Waals surface area contributed by atoms with Crippen molar-refractivity contribution in [1.82, 2.24) is 15.5 Å². The molecule has 0 aromatic carbocycles. The number of unbranched alkanes of at least 4 members (excludes halogenated alkanes) is 1. The highest BCUT2D eigenvalue weighted by molar-refractivity contribution is 7.80. The lowest BCUT2D eigenvalue weighted by atomic mass is 10.0. The third-order valence-corrected chi connectivity index (χ3v) is 3.03. The topological polar surface area (TPSA) is 53.6 Å². The fraction of sp³-hybridized carbons (Fsp3) is 0.833. The van der Waals surface area contributed by atoms with Gasteiger partial charge in [-0.2, -0.15) is 0 Å². The molecule has 18 heavy (non-hydrogen) atoms. The molecular weight excluding hydrogens is 250 g/mol. The predicted molar refractivity (Wildman–Crippen MR) is 77.6 cm³/mol. The van der Waals surface area contributed by atoms with Gasteiger partial charge in [-0.1, -0.05) is 6.42 Å². The molecule has 5 nitrogen and oxygen atoms in total. The van der Waals surface area contributed by atoms with E-state index in [9.17, 15) is 4.79 Å². The maximum atomic E-state index is 11.6. The van der Waals surface area contributed by atoms with Crippen LogP contribution in [0.2, 0.25) is 0 Å². The van der Waals surface area contributed by atoms with Gasteiger partial charge >= 0.3 is 5.97 Å². The van der Waals surface area contributed by atoms with E-state index in [2.05, 4.69) is 15.5 Å². The summed E-state index contributed by atoms with van der Waals surface area (Å²) in [5.41, 5.74) is 0. The number of ether oxygens (including phenoxy) is 1. The van der Waals surface area contributed by atoms with E-state index < -0.39 is 0 Å². The van der Waals surface area contributed by atoms with Crippen LogP contribution in [-0.4, -0.2) is 57.3 Å². The fourth-order valence-corrected chi connectivity index (χ4v) is 1.68. The van der Waals surface area contributed by atoms with Crippen LogP contribution in [0.15, 0.2) is 0 Å². The molecule has 0 saturated carbocycles. The van der Waals surface area contributed by atoms with Crippen LogP contribution >= 0.6 is 12.2 Å². The minimum Gasteiger partial charge on any atom is -0.469 e. The average Bonchev–Trinajstić information content (AvgIpc) is 2.36. The van der Waals surface area contributed by atoms with E-state index in [0.29, 0.717) is 11.7 Å². The molecule has 0 aliphatic rings. The Kier molecular flexibility index (Phi) is 9.59. The van der Waals surface area contributed by atoms with E-state index in [1.807, 2.05) is 14.1 Å². The van der Waals surface area contributed by atoms with Crippen molar-refractivity contribution in [1.29, 1.82) is 0 Å². The summed E-state index contributed by atoms with van der Waals surface area (Å²) in [4.78, 5) is 13.7. The smallest absolute Gasteiger partial charge is 0.310 e. The first-order valence-electron chi connectivity index (χ1n) is 6.19. The molecule has 1 unspecified atom stereocenters. The summed E-state index contributed by atoms with van der Waals surface area (Å²) in [5, 5.41) is 6.38. The van der Waals surface area contributed by atoms with Crippen molar-refractivity contribution < 1.29 is 9.53 Å². The van der Waals surface area contributed by atoms with Gasteiger partial charge in [0.2, 0.25) is 0 Å². The first-order chi connectivity index (χ1) is 8.51. The lowest BCUT2D eigenvalue weighted by Gasteiger charge is -2.17. The summed E-state index contributed by atoms with van der Waals surface area (Å²) in [7, 11) is 7.26. The van der Waals surface area contributed by atoms with Crippen molar-refractivity contribution in [2.75, 3.05) is 41.3 Å². The number of nitrogens with zero attached hydrogens (tertiary/aromatic N) is 1. The molecule has 0 heterocycles. The van der Waals surface area contributed by atoms with Crippen LogP contribution in [-0.2, 0) is 9.53 Å². The largest absolute Gasteiger partial charge is 0.469 e. The van der Waals surface area contributed by atoms with Gasteiger partial charge in [0.25, 0.3) is 0 Å². The number of carbonyl (C=O) groups excluding carboxylic acids is 1. The van der Waals surface area contributed by atoms with E-state index >= 15 is 0 Å². The minimum atomic E-state index is -0.175. The monoisotopic (exact) mass is 275 g/mol. The molecule has 0 rings (SSSR count). The summed E-state index contributed by atoms with van der Waals surface area (Å²) in [5.74, 6) is -0.310. The highest BCUT2D eigenvalue weighted by Gasteiger charge is 2.18. The maximum Gasteiger partial charge on any atom is 0.310 e. The molecule has 0 bridgehead atoms. The highest BCUT2D eigenvalue weighted by Crippen LogP contribution is 2.10. The Balaban J connectivity index is 3.99. The summed E-state index contributed by atoms with van der Waals surface area (Å²) in [6, 6.07) is 0. The standard InChI is InChI=1S/C12H25N3O2S/c1-13-12(18)14-9-10(11(16)17-4)7-5-6-8-15(2)3/h10H,5-9H2,1-4H3,(H2,13,14,18). The van der Waals surface area contributed by atoms with Crippen LogP contribution in [0.1, 0.15) is 19.3 Å². The second-order valence-corrected chi connectivity index (χ2v) is 4.89. The molecule has 0 aromatic rings. The quantitative estimate of drug-likeness (QED) is 0.384. The summed E-state index contributed by atoms with van der Waals surface area (Å²) >= 11 is 4.99. The Morgan fingerprint density at radius 3 is 2.56 bits per heavy atom. The minimum absolute atomic E-state index is 0.136. The lowest BCUT2D eigenvalue weighted by molar-refractivity contribution is -0.145. The van der Waals surface area contributed by atoms with Crippen LogP contribution in [0.25, 0.3) is 0 Å². The van der Waals surface area contributed by atoms with Gasteiger partial charge in [0.05, 0.1) is 13.0 Å². The molecule has 2 N–H and O–H groups in total. The Bertz CT molecular complexity index is 260. The van der Waals surface area contributed by atoms with Gasteiger partial charge in [0.1, 0.15) is 0 Å². The SMILES string of the molecule is CNC(=S)NCC(CCCCN(C)C)C(=O)OC. The van der Waals surface area contributed by atoms with E-state index in [1.165, 1.54) is 7.11 Å². The molecule has 106 valence electrons. The van der Waals surface area contributed by atoms with Gasteiger partial charge in [-0.25, -0.2) is 0 Å². The number of esters is 1. The van der Waals surface area contributed by atoms with Crippen molar-refractivity contribution >= 4 is 23.3 Å². The van der Waals surface area contributed by atoms with Gasteiger partial charge in [0, 0.05) is 13.6 Å². The van der Waals surface area contributed by atoms with Gasteiger partial charge in [-0.05, 0) is 45.7 Å². The summed E-state index contributed by atoms with van der Waals surface area (Å²) in [6.07, 6.45) is 2.91. The predicted octanol–water partition coefficient (Wildman–Crippen LogP) is 0.601. The molecule has 0 saturated heterocycles. The Morgan fingerprint density at radius 2 is 2.06 bits per heavy atom. The zero-order valence-corrected chi connectivity index (χ0v) is 12.6. The van der Waals surface area contributed by atoms with Crippen LogP contribution in [0.3, 0.4) is 0 Å². The number of carbonyl (C=O) groups is 1. The van der Waals surface area contributed by atoms with Gasteiger partial charge in [-0.3, -0.25) is 4.79 Å². The molecule has 0 aliphatic heterocycles. The van der Waals surface area contributed by atoms with Gasteiger partial charge < -0.3 is 20.3 Å². The molecule has 0 spiro atoms. The van der Waals surface area contributed by atoms with E-state index in [1.54, 1.807) is 7.05 Å². The van der Waals surface area contributed by atoms with Gasteiger partial charge in [0.15, 0.2) is 5.11 Å². The van der Waals surface area contributed by atoms with Crippen LogP contribution in [0.5, 0.6) is 0 Å². The number of nitrogens with one attached hydrogen (secondary N) is 2. The zero-order chi connectivity index (χ0) is 14.0. The van der Waals surface area contributed by atoms with Gasteiger partial charge in [-0.15, -0.1) is 0 Å². The van der Waals surface area contributed by atoms with E-state index in [-0.39, 0.29) is 11.9 Å². The highest BCUT2D eigenvalue weighted by atomic mass is 32.1. The Labute approximate surface area is 115 Å². The lowest BCUT2D eigenvalue weighted by Crippen LogP contribution is -2.38. The molecule has 0 aromatic heterocycles. The van der Waals surface area contributed by atoms with Crippen molar-refractivity contribution in [3.05, 3.63) is 0 Å². The number of hydrogen-bond acceptors (Lipinski definition) is 4. The van der Waals surface area contributed by atoms with Crippen molar-refractivity contribution in [2.45, 2.75) is 19.3 Å². The first kappa shape index (κ1) is 17.1. The first-order valence-corrected chi connectivity index (χ1v) is 6.60. The molecule has 0 fully saturated rings. The molecule has 6 heteroatoms. The molecule has 0 radical (unpaired) electrons. The third kappa shape index (κ3) is 8.25. The zero-order valence-electron chi connectivity index (χ0n) is 11.8. The number of thiocarbonyl (C=S) groups is 1. The van der Waals surface area contributed by atoms with Crippen LogP contribution in [0, 0.1) is 5.92 Å². The second kappa shape index (κ2) is 10.1. The number of methoxy groups -OCH3 is 1. The normalized spacial score (nSPS) is 12.1. The summed E-state index contributed by atoms with van der Waals surface area (Å²) < 4.78 is 4.80. The van der Waals surface area contributed by atoms with Crippen molar-refractivity contribution in [2.24, 2.45) is 5.92 Å². The van der Waals surface area contributed by atoms with E-state index in [4.69, 9.17) is 17.0 Å². The maximum absolute atomic E-state index is 11.6. The third-order valence-electron chi connectivity index (χ3n) is 2.68. The van der Waals surface area contributed by atoms with E-state index in [0.717, 1.165) is 25.8 Å². The average molecular weight is 275 g/mol. The fourth-order valence-electron chi connectivity index (χ4n) is 1.59.